The number of aromatic nitrogens is 2. The van der Waals surface area contributed by atoms with Crippen molar-refractivity contribution in [3.8, 4) is 0 Å². The van der Waals surface area contributed by atoms with Crippen LogP contribution in [0.5, 0.6) is 0 Å². The third kappa shape index (κ3) is 8.89. The lowest BCUT2D eigenvalue weighted by molar-refractivity contribution is -0.379. The van der Waals surface area contributed by atoms with Crippen LogP contribution in [-0.2, 0) is 32.5 Å². The van der Waals surface area contributed by atoms with Crippen molar-refractivity contribution in [3.05, 3.63) is 46.3 Å². The molecule has 2 rings (SSSR count). The van der Waals surface area contributed by atoms with E-state index in [1.54, 1.807) is 0 Å². The Bertz CT molecular complexity index is 1100. The zero-order valence-corrected chi connectivity index (χ0v) is 26.6. The molecule has 0 amide bonds. The average molecular weight is 558 g/mol. The van der Waals surface area contributed by atoms with Crippen molar-refractivity contribution in [2.45, 2.75) is 108 Å². The van der Waals surface area contributed by atoms with E-state index in [2.05, 4.69) is 78.3 Å². The number of rotatable bonds is 12. The zero-order chi connectivity index (χ0) is 30.5. The molecule has 3 unspecified atom stereocenters. The smallest absolute Gasteiger partial charge is 0.273 e. The van der Waals surface area contributed by atoms with Gasteiger partial charge in [0.05, 0.1) is 12.3 Å². The third-order valence-corrected chi connectivity index (χ3v) is 8.68. The highest BCUT2D eigenvalue weighted by Crippen LogP contribution is 2.53. The lowest BCUT2D eigenvalue weighted by Gasteiger charge is -2.52. The van der Waals surface area contributed by atoms with Crippen LogP contribution in [0.2, 0.25) is 0 Å². The van der Waals surface area contributed by atoms with Gasteiger partial charge in [-0.3, -0.25) is 5.73 Å². The molecule has 0 aliphatic carbocycles. The van der Waals surface area contributed by atoms with E-state index in [0.717, 1.165) is 48.1 Å². The fraction of sp³-hybridized carbons (Fsp3) is 0.697. The monoisotopic (exact) mass is 557 g/mol. The summed E-state index contributed by atoms with van der Waals surface area (Å²) in [4.78, 5) is 7.57. The third-order valence-electron chi connectivity index (χ3n) is 8.68. The van der Waals surface area contributed by atoms with Gasteiger partial charge in [0.15, 0.2) is 0 Å². The molecule has 2 aromatic rings. The Balaban J connectivity index is 2.49. The Morgan fingerprint density at radius 1 is 0.725 bits per heavy atom. The van der Waals surface area contributed by atoms with Gasteiger partial charge in [0.25, 0.3) is 5.82 Å². The minimum atomic E-state index is -0.111. The fourth-order valence-electron chi connectivity index (χ4n) is 6.65. The number of aryl methyl sites for hydroxylation is 2. The van der Waals surface area contributed by atoms with Gasteiger partial charge in [-0.2, -0.15) is 0 Å². The summed E-state index contributed by atoms with van der Waals surface area (Å²) in [5.74, 6) is 2.23. The van der Waals surface area contributed by atoms with Gasteiger partial charge < -0.3 is 21.1 Å². The van der Waals surface area contributed by atoms with Gasteiger partial charge >= 0.3 is 0 Å². The molecule has 0 aliphatic rings. The molecule has 7 heteroatoms. The summed E-state index contributed by atoms with van der Waals surface area (Å²) < 4.78 is 0. The molecule has 0 fully saturated rings. The molecule has 0 radical (unpaired) electrons. The molecular weight excluding hydrogens is 500 g/mol. The minimum absolute atomic E-state index is 0.0304. The summed E-state index contributed by atoms with van der Waals surface area (Å²) in [6, 6.07) is 5.94. The quantitative estimate of drug-likeness (QED) is 0.245. The van der Waals surface area contributed by atoms with Crippen LogP contribution in [0.4, 0.5) is 11.6 Å². The Morgan fingerprint density at radius 2 is 1.27 bits per heavy atom. The van der Waals surface area contributed by atoms with E-state index in [-0.39, 0.29) is 36.1 Å². The maximum atomic E-state index is 10.1. The molecule has 0 aliphatic heterocycles. The van der Waals surface area contributed by atoms with Crippen molar-refractivity contribution in [1.29, 1.82) is 0 Å². The first kappa shape index (κ1) is 34.0. The normalized spacial score (nSPS) is 15.2. The average Bonchev–Trinajstić information content (AvgIpc) is 2.83. The van der Waals surface area contributed by atoms with Crippen LogP contribution < -0.4 is 16.5 Å². The molecule has 40 heavy (non-hydrogen) atoms. The summed E-state index contributed by atoms with van der Waals surface area (Å²) in [6.07, 6.45) is 4.09. The highest BCUT2D eigenvalue weighted by atomic mass is 16.3. The first-order valence-corrected chi connectivity index (χ1v) is 14.8. The van der Waals surface area contributed by atoms with Crippen LogP contribution in [0.3, 0.4) is 0 Å². The molecule has 0 aromatic carbocycles. The highest BCUT2D eigenvalue weighted by Gasteiger charge is 2.46. The van der Waals surface area contributed by atoms with Gasteiger partial charge in [-0.15, -0.1) is 0 Å². The number of pyridine rings is 2. The Morgan fingerprint density at radius 3 is 1.70 bits per heavy atom. The lowest BCUT2D eigenvalue weighted by Crippen LogP contribution is -2.45. The van der Waals surface area contributed by atoms with Crippen molar-refractivity contribution in [3.63, 3.8) is 0 Å². The fourth-order valence-corrected chi connectivity index (χ4v) is 6.65. The number of anilines is 2. The van der Waals surface area contributed by atoms with E-state index < -0.39 is 0 Å². The molecule has 226 valence electrons. The number of nitrogen functional groups attached to an aromatic ring is 2. The maximum Gasteiger partial charge on any atom is 0.273 e. The van der Waals surface area contributed by atoms with E-state index >= 15 is 0 Å². The largest absolute Gasteiger partial charge is 0.396 e. The van der Waals surface area contributed by atoms with Crippen LogP contribution >= 0.6 is 0 Å². The van der Waals surface area contributed by atoms with Gasteiger partial charge in [0, 0.05) is 18.6 Å². The maximum absolute atomic E-state index is 10.1. The number of H-pyrrole nitrogens is 1. The number of nitrogens with zero attached hydrogens (tertiary/aromatic N) is 1. The molecule has 0 saturated heterocycles. The van der Waals surface area contributed by atoms with E-state index in [0.29, 0.717) is 41.5 Å². The molecule has 2 heterocycles. The van der Waals surface area contributed by atoms with Gasteiger partial charge in [0.2, 0.25) is 0 Å². The van der Waals surface area contributed by atoms with E-state index in [1.165, 1.54) is 0 Å². The summed E-state index contributed by atoms with van der Waals surface area (Å²) in [5.41, 5.74) is 17.0. The SMILES string of the molecule is CC(C)(C)C(CCc1ccc(CO)nc1N)C(C(CCc1cc(CCO)c(N)[nH+]c1CO)C(C)(C)C)C(C)(C)C. The highest BCUT2D eigenvalue weighted by molar-refractivity contribution is 5.40. The van der Waals surface area contributed by atoms with Crippen LogP contribution in [0.1, 0.15) is 103 Å². The van der Waals surface area contributed by atoms with Crippen LogP contribution in [0, 0.1) is 34.0 Å². The van der Waals surface area contributed by atoms with E-state index in [1.807, 2.05) is 12.1 Å². The molecule has 8 N–H and O–H groups in total. The van der Waals surface area contributed by atoms with Crippen molar-refractivity contribution in [1.82, 2.24) is 4.98 Å². The summed E-state index contributed by atoms with van der Waals surface area (Å²) in [5, 5.41) is 29.1. The van der Waals surface area contributed by atoms with Gasteiger partial charge in [-0.25, -0.2) is 9.97 Å². The number of nitrogens with one attached hydrogen (secondary N) is 1. The second kappa shape index (κ2) is 13.6. The van der Waals surface area contributed by atoms with E-state index in [9.17, 15) is 15.3 Å². The van der Waals surface area contributed by atoms with Crippen molar-refractivity contribution < 1.29 is 20.3 Å². The number of aliphatic hydroxyl groups is 3. The summed E-state index contributed by atoms with van der Waals surface area (Å²) >= 11 is 0. The van der Waals surface area contributed by atoms with Crippen LogP contribution in [0.25, 0.3) is 0 Å². The molecule has 3 atom stereocenters. The second-order valence-corrected chi connectivity index (χ2v) is 14.8. The van der Waals surface area contributed by atoms with Crippen LogP contribution in [-0.4, -0.2) is 26.9 Å². The predicted octanol–water partition coefficient (Wildman–Crippen LogP) is 5.13. The topological polar surface area (TPSA) is 140 Å². The first-order valence-electron chi connectivity index (χ1n) is 14.8. The number of aromatic amines is 1. The van der Waals surface area contributed by atoms with Crippen molar-refractivity contribution in [2.75, 3.05) is 18.1 Å². The molecule has 0 spiro atoms. The minimum Gasteiger partial charge on any atom is -0.396 e. The zero-order valence-electron chi connectivity index (χ0n) is 26.6. The molecular formula is C33H57N4O3+. The number of hydrogen-bond donors (Lipinski definition) is 5. The summed E-state index contributed by atoms with van der Waals surface area (Å²) in [6.45, 7) is 21.1. The molecule has 0 bridgehead atoms. The molecule has 0 saturated carbocycles. The van der Waals surface area contributed by atoms with E-state index in [4.69, 9.17) is 11.5 Å². The standard InChI is InChI=1S/C33H56N4O3/c1-31(2,3)25(14-11-21-10-13-24(19-39)36-29(21)34)28(33(7,8)9)26(32(4,5)6)15-12-22-18-23(16-17-38)30(35)37-27(22)20-40/h10,13,18,25-26,28,38-40H,11-12,14-17,19-20H2,1-9H3,(H2,34,36)(H2,35,37)/p+1. The van der Waals surface area contributed by atoms with Crippen molar-refractivity contribution >= 4 is 11.6 Å². The summed E-state index contributed by atoms with van der Waals surface area (Å²) in [7, 11) is 0. The predicted molar refractivity (Wildman–Crippen MR) is 164 cm³/mol. The molecule has 2 aromatic heterocycles. The van der Waals surface area contributed by atoms with Crippen LogP contribution in [0.15, 0.2) is 18.2 Å². The Hall–Kier alpha value is -2.22. The lowest BCUT2D eigenvalue weighted by atomic mass is 9.53. The Labute approximate surface area is 242 Å². The van der Waals surface area contributed by atoms with Gasteiger partial charge in [0.1, 0.15) is 18.1 Å². The Kier molecular flexibility index (Phi) is 11.6. The number of nitrogens with two attached hydrogens (primary N) is 2. The number of hydrogen-bond acceptors (Lipinski definition) is 6. The molecule has 7 nitrogen and oxygen atoms in total. The first-order chi connectivity index (χ1) is 18.4. The van der Waals surface area contributed by atoms with Gasteiger partial charge in [-0.05, 0) is 82.9 Å². The second-order valence-electron chi connectivity index (χ2n) is 14.8. The van der Waals surface area contributed by atoms with Gasteiger partial charge in [-0.1, -0.05) is 68.4 Å². The number of aliphatic hydroxyl groups excluding tert-OH is 3. The van der Waals surface area contributed by atoms with Crippen molar-refractivity contribution in [2.24, 2.45) is 34.0 Å².